The van der Waals surface area contributed by atoms with Gasteiger partial charge in [0.1, 0.15) is 0 Å². The van der Waals surface area contributed by atoms with E-state index in [-0.39, 0.29) is 11.8 Å². The van der Waals surface area contributed by atoms with E-state index >= 15 is 0 Å². The number of aryl methyl sites for hydroxylation is 2. The van der Waals surface area contributed by atoms with Crippen molar-refractivity contribution in [2.45, 2.75) is 40.2 Å². The molecule has 0 bridgehead atoms. The minimum Gasteiger partial charge on any atom is -0.351 e. The minimum absolute atomic E-state index is 0.0175. The third-order valence-electron chi connectivity index (χ3n) is 3.20. The molecule has 0 amide bonds. The number of nitrogens with one attached hydrogen (secondary N) is 1. The molecule has 1 atom stereocenters. The first-order chi connectivity index (χ1) is 9.95. The molecule has 0 spiro atoms. The number of carbonyl (C=O) groups excluding carboxylic acids is 1. The third kappa shape index (κ3) is 4.08. The number of nitrogens with zero attached hydrogens (tertiary/aromatic N) is 3. The summed E-state index contributed by atoms with van der Waals surface area (Å²) in [5.41, 5.74) is 3.30. The van der Waals surface area contributed by atoms with Crippen molar-refractivity contribution in [1.29, 1.82) is 0 Å². The molecule has 0 radical (unpaired) electrons. The van der Waals surface area contributed by atoms with E-state index < -0.39 is 0 Å². The van der Waals surface area contributed by atoms with Crippen molar-refractivity contribution in [2.24, 2.45) is 0 Å². The number of pyridine rings is 1. The van der Waals surface area contributed by atoms with E-state index in [1.807, 2.05) is 32.0 Å². The average molecular weight is 284 g/mol. The zero-order chi connectivity index (χ0) is 15.4. The summed E-state index contributed by atoms with van der Waals surface area (Å²) in [6, 6.07) is 6.15. The van der Waals surface area contributed by atoms with E-state index in [1.54, 1.807) is 6.20 Å². The first-order valence-corrected chi connectivity index (χ1v) is 6.99. The second-order valence-corrected chi connectivity index (χ2v) is 5.27. The van der Waals surface area contributed by atoms with Crippen molar-refractivity contribution >= 4 is 11.7 Å². The Labute approximate surface area is 124 Å². The molecular formula is C16H20N4O. The van der Waals surface area contributed by atoms with Gasteiger partial charge in [0.25, 0.3) is 0 Å². The van der Waals surface area contributed by atoms with Crippen molar-refractivity contribution in [2.75, 3.05) is 5.32 Å². The lowest BCUT2D eigenvalue weighted by Gasteiger charge is -2.14. The minimum atomic E-state index is -0.0175. The molecule has 110 valence electrons. The van der Waals surface area contributed by atoms with Crippen LogP contribution >= 0.6 is 0 Å². The Balaban J connectivity index is 2.04. The highest BCUT2D eigenvalue weighted by atomic mass is 16.1. The number of aromatic nitrogens is 3. The maximum atomic E-state index is 11.4. The molecule has 1 unspecified atom stereocenters. The highest BCUT2D eigenvalue weighted by Crippen LogP contribution is 2.10. The lowest BCUT2D eigenvalue weighted by Crippen LogP contribution is -2.21. The molecule has 21 heavy (non-hydrogen) atoms. The van der Waals surface area contributed by atoms with Crippen molar-refractivity contribution in [3.8, 4) is 0 Å². The van der Waals surface area contributed by atoms with Crippen molar-refractivity contribution in [3.63, 3.8) is 0 Å². The number of rotatable bonds is 5. The van der Waals surface area contributed by atoms with Crippen molar-refractivity contribution < 1.29 is 4.79 Å². The highest BCUT2D eigenvalue weighted by molar-refractivity contribution is 5.94. The van der Waals surface area contributed by atoms with Gasteiger partial charge >= 0.3 is 0 Å². The maximum Gasteiger partial charge on any atom is 0.223 e. The molecule has 0 saturated carbocycles. The topological polar surface area (TPSA) is 67.8 Å². The zero-order valence-electron chi connectivity index (χ0n) is 12.8. The average Bonchev–Trinajstić information content (AvgIpc) is 2.38. The normalized spacial score (nSPS) is 12.0. The smallest absolute Gasteiger partial charge is 0.223 e. The van der Waals surface area contributed by atoms with Crippen LogP contribution in [0.3, 0.4) is 0 Å². The second-order valence-electron chi connectivity index (χ2n) is 5.27. The van der Waals surface area contributed by atoms with Crippen LogP contribution in [0.25, 0.3) is 0 Å². The zero-order valence-corrected chi connectivity index (χ0v) is 12.8. The molecule has 0 fully saturated rings. The monoisotopic (exact) mass is 284 g/mol. The van der Waals surface area contributed by atoms with Gasteiger partial charge in [-0.1, -0.05) is 6.07 Å². The van der Waals surface area contributed by atoms with Crippen molar-refractivity contribution in [1.82, 2.24) is 15.0 Å². The standard InChI is InChI=1S/C16H20N4O/c1-10-6-5-7-14(18-10)8-11(2)19-16-17-9-15(13(4)21)12(3)20-16/h5-7,9,11H,8H2,1-4H3,(H,17,19,20). The fourth-order valence-corrected chi connectivity index (χ4v) is 2.18. The Morgan fingerprint density at radius 3 is 2.67 bits per heavy atom. The largest absolute Gasteiger partial charge is 0.351 e. The molecule has 2 heterocycles. The quantitative estimate of drug-likeness (QED) is 0.855. The summed E-state index contributed by atoms with van der Waals surface area (Å²) in [7, 11) is 0. The lowest BCUT2D eigenvalue weighted by atomic mass is 10.1. The van der Waals surface area contributed by atoms with Crippen LogP contribution in [-0.4, -0.2) is 26.8 Å². The number of hydrogen-bond acceptors (Lipinski definition) is 5. The molecule has 2 aromatic heterocycles. The van der Waals surface area contributed by atoms with Gasteiger partial charge in [0.05, 0.1) is 11.3 Å². The molecular weight excluding hydrogens is 264 g/mol. The van der Waals surface area contributed by atoms with E-state index in [4.69, 9.17) is 0 Å². The summed E-state index contributed by atoms with van der Waals surface area (Å²) in [6.45, 7) is 7.37. The van der Waals surface area contributed by atoms with Gasteiger partial charge in [-0.15, -0.1) is 0 Å². The van der Waals surface area contributed by atoms with Crippen LogP contribution in [-0.2, 0) is 6.42 Å². The van der Waals surface area contributed by atoms with E-state index in [9.17, 15) is 4.79 Å². The molecule has 2 rings (SSSR count). The van der Waals surface area contributed by atoms with Gasteiger partial charge in [-0.25, -0.2) is 9.97 Å². The van der Waals surface area contributed by atoms with Gasteiger partial charge in [0.15, 0.2) is 5.78 Å². The molecule has 5 heteroatoms. The van der Waals surface area contributed by atoms with Gasteiger partial charge < -0.3 is 5.32 Å². The molecule has 2 aromatic rings. The molecule has 0 saturated heterocycles. The SMILES string of the molecule is CC(=O)c1cnc(NC(C)Cc2cccc(C)n2)nc1C. The van der Waals surface area contributed by atoms with Crippen LogP contribution in [0.1, 0.15) is 41.3 Å². The van der Waals surface area contributed by atoms with Gasteiger partial charge in [0, 0.05) is 30.0 Å². The van der Waals surface area contributed by atoms with Gasteiger partial charge in [-0.3, -0.25) is 9.78 Å². The Morgan fingerprint density at radius 1 is 1.29 bits per heavy atom. The lowest BCUT2D eigenvalue weighted by molar-refractivity contribution is 0.101. The number of carbonyl (C=O) groups is 1. The van der Waals surface area contributed by atoms with E-state index in [0.29, 0.717) is 17.2 Å². The second kappa shape index (κ2) is 6.43. The summed E-state index contributed by atoms with van der Waals surface area (Å²) in [6.07, 6.45) is 2.36. The molecule has 5 nitrogen and oxygen atoms in total. The molecule has 0 aliphatic rings. The number of ketones is 1. The van der Waals surface area contributed by atoms with Crippen LogP contribution in [0.2, 0.25) is 0 Å². The van der Waals surface area contributed by atoms with Crippen LogP contribution < -0.4 is 5.32 Å². The summed E-state index contributed by atoms with van der Waals surface area (Å²) < 4.78 is 0. The molecule has 0 aliphatic carbocycles. The summed E-state index contributed by atoms with van der Waals surface area (Å²) in [5.74, 6) is 0.522. The summed E-state index contributed by atoms with van der Waals surface area (Å²) in [5, 5.41) is 3.24. The number of hydrogen-bond donors (Lipinski definition) is 1. The van der Waals surface area contributed by atoms with E-state index in [2.05, 4.69) is 27.2 Å². The van der Waals surface area contributed by atoms with Crippen molar-refractivity contribution in [3.05, 3.63) is 47.0 Å². The first kappa shape index (κ1) is 15.1. The summed E-state index contributed by atoms with van der Waals surface area (Å²) in [4.78, 5) is 24.4. The van der Waals surface area contributed by atoms with Gasteiger partial charge in [-0.05, 0) is 39.8 Å². The Morgan fingerprint density at radius 2 is 2.05 bits per heavy atom. The third-order valence-corrected chi connectivity index (χ3v) is 3.20. The fourth-order valence-electron chi connectivity index (χ4n) is 2.18. The predicted molar refractivity (Wildman–Crippen MR) is 82.5 cm³/mol. The van der Waals surface area contributed by atoms with Crippen LogP contribution in [0.5, 0.6) is 0 Å². The number of anilines is 1. The maximum absolute atomic E-state index is 11.4. The van der Waals surface area contributed by atoms with Crippen LogP contribution in [0.4, 0.5) is 5.95 Å². The Kier molecular flexibility index (Phi) is 4.62. The molecule has 0 aromatic carbocycles. The van der Waals surface area contributed by atoms with Gasteiger partial charge in [-0.2, -0.15) is 0 Å². The first-order valence-electron chi connectivity index (χ1n) is 6.99. The Bertz CT molecular complexity index is 654. The molecule has 1 N–H and O–H groups in total. The molecule has 0 aliphatic heterocycles. The summed E-state index contributed by atoms with van der Waals surface area (Å²) >= 11 is 0. The predicted octanol–water partition coefficient (Wildman–Crippen LogP) is 2.73. The van der Waals surface area contributed by atoms with E-state index in [0.717, 1.165) is 17.8 Å². The number of Topliss-reactive ketones (excluding diaryl/α,β-unsaturated/α-hetero) is 1. The Hall–Kier alpha value is -2.30. The van der Waals surface area contributed by atoms with Crippen LogP contribution in [0, 0.1) is 13.8 Å². The van der Waals surface area contributed by atoms with Crippen LogP contribution in [0.15, 0.2) is 24.4 Å². The fraction of sp³-hybridized carbons (Fsp3) is 0.375. The van der Waals surface area contributed by atoms with Gasteiger partial charge in [0.2, 0.25) is 5.95 Å². The highest BCUT2D eigenvalue weighted by Gasteiger charge is 2.10. The van der Waals surface area contributed by atoms with E-state index in [1.165, 1.54) is 6.92 Å².